The van der Waals surface area contributed by atoms with Crippen LogP contribution in [0.1, 0.15) is 40.5 Å². The van der Waals surface area contributed by atoms with Crippen LogP contribution in [-0.4, -0.2) is 0 Å². The summed E-state index contributed by atoms with van der Waals surface area (Å²) in [6, 6.07) is 0. The quantitative estimate of drug-likeness (QED) is 0.484. The fraction of sp³-hybridized carbons (Fsp3) is 1.00. The van der Waals surface area contributed by atoms with Crippen molar-refractivity contribution >= 4 is 0 Å². The van der Waals surface area contributed by atoms with Crippen molar-refractivity contribution in [2.24, 2.45) is 23.7 Å². The first-order valence-electron chi connectivity index (χ1n) is 4.61. The molecule has 0 radical (unpaired) electrons. The Bertz CT molecular complexity index is 80.6. The molecule has 0 aliphatic heterocycles. The lowest BCUT2D eigenvalue weighted by Gasteiger charge is -2.35. The Labute approximate surface area is 65.0 Å². The molecule has 0 spiro atoms. The van der Waals surface area contributed by atoms with Gasteiger partial charge in [0.1, 0.15) is 0 Å². The van der Waals surface area contributed by atoms with E-state index >= 15 is 0 Å². The maximum absolute atomic E-state index is 2.40. The first-order chi connectivity index (χ1) is 4.61. The van der Waals surface area contributed by atoms with Crippen LogP contribution in [0, 0.1) is 23.7 Å². The van der Waals surface area contributed by atoms with Gasteiger partial charge in [0.25, 0.3) is 0 Å². The topological polar surface area (TPSA) is 0 Å². The monoisotopic (exact) mass is 140 g/mol. The molecule has 1 saturated carbocycles. The Morgan fingerprint density at radius 2 is 0.800 bits per heavy atom. The molecule has 0 heterocycles. The van der Waals surface area contributed by atoms with Gasteiger partial charge >= 0.3 is 0 Å². The minimum absolute atomic E-state index is 0.964. The Kier molecular flexibility index (Phi) is 2.38. The SMILES string of the molecule is CC1CC(C)[C@H](C)CC1C. The molecule has 10 heavy (non-hydrogen) atoms. The van der Waals surface area contributed by atoms with Crippen LogP contribution < -0.4 is 0 Å². The highest BCUT2D eigenvalue weighted by molar-refractivity contribution is 4.77. The standard InChI is InChI=1S/C10H20/c1-7-5-9(3)10(4)6-8(7)2/h7-10H,5-6H2,1-4H3/t7-,8?,9?,10?/m1/s1. The third kappa shape index (κ3) is 1.53. The van der Waals surface area contributed by atoms with Crippen LogP contribution >= 0.6 is 0 Å². The predicted octanol–water partition coefficient (Wildman–Crippen LogP) is 3.32. The number of hydrogen-bond donors (Lipinski definition) is 0. The molecule has 1 rings (SSSR count). The minimum Gasteiger partial charge on any atom is -0.0622 e. The molecule has 4 atom stereocenters. The Hall–Kier alpha value is 0. The van der Waals surface area contributed by atoms with Crippen molar-refractivity contribution in [2.45, 2.75) is 40.5 Å². The van der Waals surface area contributed by atoms with Crippen molar-refractivity contribution in [3.8, 4) is 0 Å². The first-order valence-corrected chi connectivity index (χ1v) is 4.61. The molecule has 0 heteroatoms. The molecule has 0 N–H and O–H groups in total. The zero-order valence-electron chi connectivity index (χ0n) is 7.72. The van der Waals surface area contributed by atoms with E-state index < -0.39 is 0 Å². The summed E-state index contributed by atoms with van der Waals surface area (Å²) in [6.07, 6.45) is 2.89. The molecule has 3 unspecified atom stereocenters. The van der Waals surface area contributed by atoms with Gasteiger partial charge in [0.2, 0.25) is 0 Å². The van der Waals surface area contributed by atoms with E-state index in [0.29, 0.717) is 0 Å². The second kappa shape index (κ2) is 2.94. The summed E-state index contributed by atoms with van der Waals surface area (Å²) in [7, 11) is 0. The van der Waals surface area contributed by atoms with Crippen molar-refractivity contribution < 1.29 is 0 Å². The second-order valence-corrected chi connectivity index (χ2v) is 4.38. The summed E-state index contributed by atoms with van der Waals surface area (Å²) in [5.74, 6) is 3.86. The van der Waals surface area contributed by atoms with E-state index in [2.05, 4.69) is 27.7 Å². The molecule has 60 valence electrons. The summed E-state index contributed by atoms with van der Waals surface area (Å²) >= 11 is 0. The Morgan fingerprint density at radius 1 is 0.600 bits per heavy atom. The van der Waals surface area contributed by atoms with Gasteiger partial charge in [-0.15, -0.1) is 0 Å². The average molecular weight is 140 g/mol. The normalized spacial score (nSPS) is 49.2. The average Bonchev–Trinajstić information content (AvgIpc) is 1.84. The van der Waals surface area contributed by atoms with Crippen molar-refractivity contribution in [3.63, 3.8) is 0 Å². The minimum atomic E-state index is 0.964. The maximum atomic E-state index is 2.40. The van der Waals surface area contributed by atoms with Crippen LogP contribution in [0.25, 0.3) is 0 Å². The second-order valence-electron chi connectivity index (χ2n) is 4.38. The van der Waals surface area contributed by atoms with Crippen molar-refractivity contribution in [1.82, 2.24) is 0 Å². The Morgan fingerprint density at radius 3 is 1.00 bits per heavy atom. The molecule has 1 aliphatic rings. The molecule has 0 saturated heterocycles. The molecule has 1 aliphatic carbocycles. The van der Waals surface area contributed by atoms with E-state index in [1.165, 1.54) is 12.8 Å². The lowest BCUT2D eigenvalue weighted by atomic mass is 9.71. The lowest BCUT2D eigenvalue weighted by molar-refractivity contribution is 0.157. The molecule has 0 bridgehead atoms. The van der Waals surface area contributed by atoms with Gasteiger partial charge in [-0.2, -0.15) is 0 Å². The van der Waals surface area contributed by atoms with Crippen molar-refractivity contribution in [3.05, 3.63) is 0 Å². The molecule has 0 aromatic heterocycles. The number of rotatable bonds is 0. The van der Waals surface area contributed by atoms with Crippen LogP contribution in [0.2, 0.25) is 0 Å². The molecular weight excluding hydrogens is 120 g/mol. The van der Waals surface area contributed by atoms with E-state index in [1.807, 2.05) is 0 Å². The van der Waals surface area contributed by atoms with E-state index in [4.69, 9.17) is 0 Å². The van der Waals surface area contributed by atoms with Gasteiger partial charge in [0.15, 0.2) is 0 Å². The zero-order valence-corrected chi connectivity index (χ0v) is 7.72. The van der Waals surface area contributed by atoms with Gasteiger partial charge in [-0.1, -0.05) is 27.7 Å². The van der Waals surface area contributed by atoms with Gasteiger partial charge in [-0.05, 0) is 36.5 Å². The van der Waals surface area contributed by atoms with Crippen LogP contribution in [0.3, 0.4) is 0 Å². The largest absolute Gasteiger partial charge is 0.0622 e. The van der Waals surface area contributed by atoms with Crippen molar-refractivity contribution in [1.29, 1.82) is 0 Å². The van der Waals surface area contributed by atoms with Crippen molar-refractivity contribution in [2.75, 3.05) is 0 Å². The summed E-state index contributed by atoms with van der Waals surface area (Å²) in [5.41, 5.74) is 0. The van der Waals surface area contributed by atoms with E-state index in [-0.39, 0.29) is 0 Å². The summed E-state index contributed by atoms with van der Waals surface area (Å²) in [6.45, 7) is 9.58. The van der Waals surface area contributed by atoms with Gasteiger partial charge in [0.05, 0.1) is 0 Å². The van der Waals surface area contributed by atoms with Crippen LogP contribution in [0.5, 0.6) is 0 Å². The molecular formula is C10H20. The number of hydrogen-bond acceptors (Lipinski definition) is 0. The highest BCUT2D eigenvalue weighted by Gasteiger charge is 2.26. The predicted molar refractivity (Wildman–Crippen MR) is 45.9 cm³/mol. The maximum Gasteiger partial charge on any atom is -0.0414 e. The fourth-order valence-corrected chi connectivity index (χ4v) is 2.10. The van der Waals surface area contributed by atoms with Crippen LogP contribution in [-0.2, 0) is 0 Å². The van der Waals surface area contributed by atoms with E-state index in [1.54, 1.807) is 0 Å². The third-order valence-electron chi connectivity index (χ3n) is 3.43. The fourth-order valence-electron chi connectivity index (χ4n) is 2.10. The van der Waals surface area contributed by atoms with Gasteiger partial charge in [-0.25, -0.2) is 0 Å². The molecule has 0 aromatic rings. The zero-order chi connectivity index (χ0) is 7.72. The van der Waals surface area contributed by atoms with Gasteiger partial charge < -0.3 is 0 Å². The third-order valence-corrected chi connectivity index (χ3v) is 3.43. The Balaban J connectivity index is 2.46. The highest BCUT2D eigenvalue weighted by atomic mass is 14.3. The van der Waals surface area contributed by atoms with Gasteiger partial charge in [0, 0.05) is 0 Å². The molecule has 0 aromatic carbocycles. The van der Waals surface area contributed by atoms with E-state index in [0.717, 1.165) is 23.7 Å². The molecule has 0 nitrogen and oxygen atoms in total. The summed E-state index contributed by atoms with van der Waals surface area (Å²) in [4.78, 5) is 0. The summed E-state index contributed by atoms with van der Waals surface area (Å²) < 4.78 is 0. The molecule has 0 amide bonds. The van der Waals surface area contributed by atoms with Crippen LogP contribution in [0.15, 0.2) is 0 Å². The van der Waals surface area contributed by atoms with E-state index in [9.17, 15) is 0 Å². The van der Waals surface area contributed by atoms with Crippen LogP contribution in [0.4, 0.5) is 0 Å². The first kappa shape index (κ1) is 8.10. The smallest absolute Gasteiger partial charge is 0.0414 e. The molecule has 1 fully saturated rings. The lowest BCUT2D eigenvalue weighted by Crippen LogP contribution is -2.25. The van der Waals surface area contributed by atoms with Gasteiger partial charge in [-0.3, -0.25) is 0 Å². The summed E-state index contributed by atoms with van der Waals surface area (Å²) in [5, 5.41) is 0. The highest BCUT2D eigenvalue weighted by Crippen LogP contribution is 2.36.